The number of nitrogens with one attached hydrogen (secondary N) is 1. The Bertz CT molecular complexity index is 552. The lowest BCUT2D eigenvalue weighted by Gasteiger charge is -2.34. The largest absolute Gasteiger partial charge is 0.388 e. The molecule has 3 rings (SSSR count). The number of piperidine rings is 1. The fourth-order valence-electron chi connectivity index (χ4n) is 3.65. The van der Waals surface area contributed by atoms with Gasteiger partial charge in [0.15, 0.2) is 0 Å². The molecule has 0 saturated carbocycles. The number of ether oxygens (including phenoxy) is 1. The fourth-order valence-corrected chi connectivity index (χ4v) is 3.78. The molecule has 6 heteroatoms. The summed E-state index contributed by atoms with van der Waals surface area (Å²) in [5.74, 6) is 0.322. The van der Waals surface area contributed by atoms with Gasteiger partial charge in [-0.05, 0) is 49.3 Å². The van der Waals surface area contributed by atoms with Gasteiger partial charge in [0.05, 0.1) is 18.8 Å². The van der Waals surface area contributed by atoms with Crippen LogP contribution in [0.4, 0.5) is 0 Å². The van der Waals surface area contributed by atoms with Crippen molar-refractivity contribution < 1.29 is 14.6 Å². The summed E-state index contributed by atoms with van der Waals surface area (Å²) in [6, 6.07) is 7.36. The van der Waals surface area contributed by atoms with Crippen molar-refractivity contribution in [2.24, 2.45) is 5.92 Å². The van der Waals surface area contributed by atoms with Gasteiger partial charge in [0.1, 0.15) is 0 Å². The van der Waals surface area contributed by atoms with Crippen molar-refractivity contribution in [3.8, 4) is 0 Å². The van der Waals surface area contributed by atoms with Gasteiger partial charge in [-0.1, -0.05) is 23.7 Å². The molecule has 0 spiro atoms. The minimum absolute atomic E-state index is 0.137. The highest BCUT2D eigenvalue weighted by Gasteiger charge is 2.28. The lowest BCUT2D eigenvalue weighted by molar-refractivity contribution is -0.132. The van der Waals surface area contributed by atoms with Crippen LogP contribution in [0.2, 0.25) is 5.02 Å². The van der Waals surface area contributed by atoms with Crippen LogP contribution < -0.4 is 5.32 Å². The molecular formula is C19H27ClN2O3. The van der Waals surface area contributed by atoms with Gasteiger partial charge in [0.2, 0.25) is 5.91 Å². The maximum atomic E-state index is 12.3. The van der Waals surface area contributed by atoms with Crippen molar-refractivity contribution in [1.29, 1.82) is 0 Å². The van der Waals surface area contributed by atoms with E-state index in [0.29, 0.717) is 24.7 Å². The molecule has 0 aromatic heterocycles. The minimum atomic E-state index is -0.493. The van der Waals surface area contributed by atoms with E-state index in [-0.39, 0.29) is 17.9 Å². The molecule has 2 aliphatic rings. The molecule has 2 atom stereocenters. The second kappa shape index (κ2) is 8.99. The first-order chi connectivity index (χ1) is 12.1. The Morgan fingerprint density at radius 2 is 2.00 bits per heavy atom. The first-order valence-corrected chi connectivity index (χ1v) is 9.55. The van der Waals surface area contributed by atoms with E-state index in [1.807, 2.05) is 17.0 Å². The van der Waals surface area contributed by atoms with Crippen molar-refractivity contribution in [3.05, 3.63) is 34.9 Å². The number of benzene rings is 1. The monoisotopic (exact) mass is 366 g/mol. The third kappa shape index (κ3) is 5.17. The summed E-state index contributed by atoms with van der Waals surface area (Å²) in [6.45, 7) is 3.36. The highest BCUT2D eigenvalue weighted by Crippen LogP contribution is 2.31. The van der Waals surface area contributed by atoms with Crippen LogP contribution in [0.1, 0.15) is 37.4 Å². The van der Waals surface area contributed by atoms with E-state index in [0.717, 1.165) is 44.4 Å². The van der Waals surface area contributed by atoms with Crippen LogP contribution in [0, 0.1) is 5.92 Å². The number of likely N-dealkylation sites (tertiary alicyclic amines) is 1. The predicted octanol–water partition coefficient (Wildman–Crippen LogP) is 2.38. The van der Waals surface area contributed by atoms with Crippen molar-refractivity contribution >= 4 is 17.5 Å². The number of halogens is 1. The number of hydrogen-bond donors (Lipinski definition) is 2. The fraction of sp³-hybridized carbons (Fsp3) is 0.632. The number of carbonyl (C=O) groups excluding carboxylic acids is 1. The number of aliphatic hydroxyl groups is 1. The number of carbonyl (C=O) groups is 1. The Morgan fingerprint density at radius 1 is 1.28 bits per heavy atom. The van der Waals surface area contributed by atoms with E-state index in [4.69, 9.17) is 16.3 Å². The second-order valence-corrected chi connectivity index (χ2v) is 7.42. The highest BCUT2D eigenvalue weighted by atomic mass is 35.5. The molecule has 1 aromatic carbocycles. The van der Waals surface area contributed by atoms with Gasteiger partial charge in [0, 0.05) is 31.3 Å². The minimum Gasteiger partial charge on any atom is -0.388 e. The number of amides is 1. The smallest absolute Gasteiger partial charge is 0.236 e. The van der Waals surface area contributed by atoms with Crippen molar-refractivity contribution in [3.63, 3.8) is 0 Å². The summed E-state index contributed by atoms with van der Waals surface area (Å²) in [4.78, 5) is 14.2. The van der Waals surface area contributed by atoms with Crippen molar-refractivity contribution in [1.82, 2.24) is 10.2 Å². The predicted molar refractivity (Wildman–Crippen MR) is 97.6 cm³/mol. The topological polar surface area (TPSA) is 61.8 Å². The third-order valence-corrected chi connectivity index (χ3v) is 5.47. The molecule has 2 aliphatic heterocycles. The van der Waals surface area contributed by atoms with E-state index in [1.54, 1.807) is 12.1 Å². The summed E-state index contributed by atoms with van der Waals surface area (Å²) in [6.07, 6.45) is 3.60. The van der Waals surface area contributed by atoms with Crippen molar-refractivity contribution in [2.75, 3.05) is 32.8 Å². The first-order valence-electron chi connectivity index (χ1n) is 9.17. The van der Waals surface area contributed by atoms with Crippen LogP contribution >= 0.6 is 11.6 Å². The zero-order valence-electron chi connectivity index (χ0n) is 14.5. The SMILES string of the molecule is O=C(CNCC1CCCO1)N1CCC(C(O)c2ccc(Cl)cc2)CC1. The maximum Gasteiger partial charge on any atom is 0.236 e. The average Bonchev–Trinajstić information content (AvgIpc) is 3.15. The molecule has 25 heavy (non-hydrogen) atoms. The number of aliphatic hydroxyl groups excluding tert-OH is 1. The van der Waals surface area contributed by atoms with Gasteiger partial charge in [0.25, 0.3) is 0 Å². The molecule has 1 amide bonds. The van der Waals surface area contributed by atoms with Crippen LogP contribution in [0.25, 0.3) is 0 Å². The molecule has 2 N–H and O–H groups in total. The van der Waals surface area contributed by atoms with E-state index < -0.39 is 6.10 Å². The van der Waals surface area contributed by atoms with Crippen LogP contribution in [0.15, 0.2) is 24.3 Å². The summed E-state index contributed by atoms with van der Waals surface area (Å²) in [5.41, 5.74) is 0.896. The average molecular weight is 367 g/mol. The first kappa shape index (κ1) is 18.6. The third-order valence-electron chi connectivity index (χ3n) is 5.22. The highest BCUT2D eigenvalue weighted by molar-refractivity contribution is 6.30. The number of rotatable bonds is 6. The summed E-state index contributed by atoms with van der Waals surface area (Å²) in [7, 11) is 0. The number of nitrogens with zero attached hydrogens (tertiary/aromatic N) is 1. The van der Waals surface area contributed by atoms with Crippen molar-refractivity contribution in [2.45, 2.75) is 37.9 Å². The Hall–Kier alpha value is -1.14. The standard InChI is InChI=1S/C19H27ClN2O3/c20-16-5-3-14(4-6-16)19(24)15-7-9-22(10-8-15)18(23)13-21-12-17-2-1-11-25-17/h3-6,15,17,19,21,24H,1-2,7-13H2. The quantitative estimate of drug-likeness (QED) is 0.811. The normalized spacial score (nSPS) is 23.0. The Morgan fingerprint density at radius 3 is 2.64 bits per heavy atom. The van der Waals surface area contributed by atoms with Crippen LogP contribution in [-0.2, 0) is 9.53 Å². The molecular weight excluding hydrogens is 340 g/mol. The Balaban J connectivity index is 1.40. The van der Waals surface area contributed by atoms with E-state index >= 15 is 0 Å². The second-order valence-electron chi connectivity index (χ2n) is 6.98. The van der Waals surface area contributed by atoms with E-state index in [2.05, 4.69) is 5.32 Å². The van der Waals surface area contributed by atoms with Crippen LogP contribution in [-0.4, -0.2) is 54.8 Å². The van der Waals surface area contributed by atoms with Gasteiger partial charge in [-0.25, -0.2) is 0 Å². The van der Waals surface area contributed by atoms with Crippen LogP contribution in [0.3, 0.4) is 0 Å². The van der Waals surface area contributed by atoms with Gasteiger partial charge in [-0.3, -0.25) is 4.79 Å². The zero-order chi connectivity index (χ0) is 17.6. The summed E-state index contributed by atoms with van der Waals surface area (Å²) in [5, 5.41) is 14.4. The lowest BCUT2D eigenvalue weighted by atomic mass is 9.87. The molecule has 138 valence electrons. The molecule has 2 fully saturated rings. The number of hydrogen-bond acceptors (Lipinski definition) is 4. The van der Waals surface area contributed by atoms with Gasteiger partial charge in [-0.15, -0.1) is 0 Å². The van der Waals surface area contributed by atoms with E-state index in [9.17, 15) is 9.90 Å². The van der Waals surface area contributed by atoms with Gasteiger partial charge < -0.3 is 20.1 Å². The zero-order valence-corrected chi connectivity index (χ0v) is 15.3. The molecule has 1 aromatic rings. The Kier molecular flexibility index (Phi) is 6.70. The molecule has 0 aliphatic carbocycles. The summed E-state index contributed by atoms with van der Waals surface area (Å²) >= 11 is 5.90. The molecule has 2 unspecified atom stereocenters. The molecule has 0 bridgehead atoms. The molecule has 2 heterocycles. The Labute approximate surface area is 154 Å². The van der Waals surface area contributed by atoms with Crippen LogP contribution in [0.5, 0.6) is 0 Å². The molecule has 5 nitrogen and oxygen atoms in total. The molecule has 0 radical (unpaired) electrons. The lowest BCUT2D eigenvalue weighted by Crippen LogP contribution is -2.44. The summed E-state index contributed by atoms with van der Waals surface area (Å²) < 4.78 is 5.55. The van der Waals surface area contributed by atoms with Gasteiger partial charge >= 0.3 is 0 Å². The molecule has 2 saturated heterocycles. The van der Waals surface area contributed by atoms with Gasteiger partial charge in [-0.2, -0.15) is 0 Å². The van der Waals surface area contributed by atoms with E-state index in [1.165, 1.54) is 0 Å². The maximum absolute atomic E-state index is 12.3.